The largest absolute Gasteiger partial charge is 0.226 e. The quantitative estimate of drug-likeness (QED) is 0.756. The third kappa shape index (κ3) is 1.34. The lowest BCUT2D eigenvalue weighted by molar-refractivity contribution is 0.869. The van der Waals surface area contributed by atoms with Crippen LogP contribution >= 0.6 is 27.3 Å². The molecule has 11 heavy (non-hydrogen) atoms. The van der Waals surface area contributed by atoms with Crippen molar-refractivity contribution in [2.24, 2.45) is 0 Å². The summed E-state index contributed by atoms with van der Waals surface area (Å²) in [5, 5.41) is 4.00. The Bertz CT molecular complexity index is 503. The molecule has 2 aromatic rings. The van der Waals surface area contributed by atoms with Crippen molar-refractivity contribution < 1.29 is 5.48 Å². The lowest BCUT2D eigenvalue weighted by Gasteiger charge is -1.89. The van der Waals surface area contributed by atoms with Crippen molar-refractivity contribution in [3.8, 4) is 5.13 Å². The molecule has 0 spiro atoms. The van der Waals surface area contributed by atoms with Crippen LogP contribution in [0.5, 0.6) is 0 Å². The predicted molar refractivity (Wildman–Crippen MR) is 46.9 cm³/mol. The second-order valence-corrected chi connectivity index (χ2v) is 3.94. The van der Waals surface area contributed by atoms with Crippen LogP contribution in [0.3, 0.4) is 0 Å². The Morgan fingerprint density at radius 1 is 1.73 bits per heavy atom. The molecule has 0 saturated heterocycles. The molecule has 0 aromatic carbocycles. The lowest BCUT2D eigenvalue weighted by atomic mass is 10.8. The van der Waals surface area contributed by atoms with E-state index in [1.54, 1.807) is 0 Å². The van der Waals surface area contributed by atoms with E-state index in [4.69, 9.17) is 5.48 Å². The molecule has 2 rings (SSSR count). The van der Waals surface area contributed by atoms with E-state index < -0.39 is 0 Å². The molecular formula is C6H4BrN3S. The van der Waals surface area contributed by atoms with Crippen molar-refractivity contribution >= 4 is 27.3 Å². The highest BCUT2D eigenvalue weighted by Gasteiger charge is 1.99. The van der Waals surface area contributed by atoms with Crippen molar-refractivity contribution in [1.82, 2.24) is 14.8 Å². The first-order valence-electron chi connectivity index (χ1n) is 4.67. The van der Waals surface area contributed by atoms with Gasteiger partial charge in [0.1, 0.15) is 0 Å². The van der Waals surface area contributed by atoms with E-state index >= 15 is 0 Å². The first kappa shape index (κ1) is 3.82. The van der Waals surface area contributed by atoms with Crippen LogP contribution in [0.2, 0.25) is 0 Å². The van der Waals surface area contributed by atoms with Crippen LogP contribution in [0.15, 0.2) is 28.3 Å². The second kappa shape index (κ2) is 2.75. The van der Waals surface area contributed by atoms with Gasteiger partial charge in [0.2, 0.25) is 5.13 Å². The van der Waals surface area contributed by atoms with E-state index in [2.05, 4.69) is 26.0 Å². The van der Waals surface area contributed by atoms with E-state index in [1.165, 1.54) is 0 Å². The van der Waals surface area contributed by atoms with Crippen molar-refractivity contribution in [3.63, 3.8) is 0 Å². The third-order valence-electron chi connectivity index (χ3n) is 0.969. The molecule has 2 heterocycles. The molecular weight excluding hydrogens is 226 g/mol. The van der Waals surface area contributed by atoms with Gasteiger partial charge in [-0.3, -0.25) is 0 Å². The summed E-state index contributed by atoms with van der Waals surface area (Å²) in [6.07, 6.45) is -0.401. The summed E-state index contributed by atoms with van der Waals surface area (Å²) in [5.41, 5.74) is 0. The van der Waals surface area contributed by atoms with Crippen LogP contribution in [0.25, 0.3) is 5.13 Å². The first-order valence-corrected chi connectivity index (χ1v) is 4.27. The maximum Gasteiger partial charge on any atom is 0.211 e. The number of thiazole rings is 1. The summed E-state index contributed by atoms with van der Waals surface area (Å²) >= 11 is 4.27. The maximum atomic E-state index is 7.52. The van der Waals surface area contributed by atoms with Crippen molar-refractivity contribution in [2.75, 3.05) is 0 Å². The summed E-state index contributed by atoms with van der Waals surface area (Å²) in [4.78, 5) is 3.85. The molecule has 0 aliphatic heterocycles. The van der Waals surface area contributed by atoms with Gasteiger partial charge < -0.3 is 0 Å². The number of aromatic nitrogens is 3. The van der Waals surface area contributed by atoms with Gasteiger partial charge in [0.25, 0.3) is 0 Å². The highest BCUT2D eigenvalue weighted by molar-refractivity contribution is 9.11. The molecule has 0 saturated carbocycles. The molecule has 0 amide bonds. The lowest BCUT2D eigenvalue weighted by Crippen LogP contribution is -1.91. The van der Waals surface area contributed by atoms with E-state index in [9.17, 15) is 0 Å². The van der Waals surface area contributed by atoms with Crippen LogP contribution in [0.1, 0.15) is 5.48 Å². The molecule has 0 unspecified atom stereocenters. The average molecular weight is 234 g/mol. The Morgan fingerprint density at radius 3 is 3.18 bits per heavy atom. The van der Waals surface area contributed by atoms with Gasteiger partial charge in [-0.05, 0) is 22.0 Å². The van der Waals surface area contributed by atoms with Crippen molar-refractivity contribution in [1.29, 1.82) is 0 Å². The number of hydrogen-bond donors (Lipinski definition) is 0. The zero-order valence-electron chi connectivity index (χ0n) is 9.13. The van der Waals surface area contributed by atoms with Crippen LogP contribution in [0, 0.1) is 0 Å². The fourth-order valence-corrected chi connectivity index (χ4v) is 1.62. The topological polar surface area (TPSA) is 30.7 Å². The fourth-order valence-electron chi connectivity index (χ4n) is 0.577. The van der Waals surface area contributed by atoms with Gasteiger partial charge in [-0.2, -0.15) is 5.10 Å². The Balaban J connectivity index is 2.59. The zero-order chi connectivity index (χ0) is 11.2. The van der Waals surface area contributed by atoms with Crippen LogP contribution in [-0.2, 0) is 0 Å². The molecule has 2 aromatic heterocycles. The Hall–Kier alpha value is -0.680. The summed E-state index contributed by atoms with van der Waals surface area (Å²) in [7, 11) is 0. The SMILES string of the molecule is [2H]c1nc(-n2nc([2H])c([2H])c2[2H])sc1Br. The molecule has 5 heteroatoms. The number of rotatable bonds is 1. The highest BCUT2D eigenvalue weighted by atomic mass is 79.9. The smallest absolute Gasteiger partial charge is 0.211 e. The van der Waals surface area contributed by atoms with Gasteiger partial charge in [0.15, 0.2) is 0 Å². The Kier molecular flexibility index (Phi) is 0.954. The summed E-state index contributed by atoms with van der Waals surface area (Å²) in [6, 6.07) is -0.243. The first-order chi connectivity index (χ1) is 7.00. The van der Waals surface area contributed by atoms with E-state index in [0.717, 1.165) is 16.0 Å². The number of halogens is 1. The molecule has 0 N–H and O–H groups in total. The molecule has 0 aliphatic rings. The zero-order valence-corrected chi connectivity index (χ0v) is 7.53. The molecule has 3 nitrogen and oxygen atoms in total. The van der Waals surface area contributed by atoms with E-state index in [1.807, 2.05) is 0 Å². The van der Waals surface area contributed by atoms with E-state index in [-0.39, 0.29) is 24.6 Å². The van der Waals surface area contributed by atoms with E-state index in [0.29, 0.717) is 8.92 Å². The fraction of sp³-hybridized carbons (Fsp3) is 0. The van der Waals surface area contributed by atoms with Crippen LogP contribution in [0.4, 0.5) is 0 Å². The summed E-state index contributed by atoms with van der Waals surface area (Å²) < 4.78 is 31.1. The number of nitrogens with zero attached hydrogens (tertiary/aromatic N) is 3. The maximum absolute atomic E-state index is 7.52. The summed E-state index contributed by atoms with van der Waals surface area (Å²) in [6.45, 7) is 0. The average Bonchev–Trinajstić information content (AvgIpc) is 2.63. The Labute approximate surface area is 81.4 Å². The third-order valence-corrected chi connectivity index (χ3v) is 2.35. The van der Waals surface area contributed by atoms with Gasteiger partial charge in [0.05, 0.1) is 15.4 Å². The molecule has 56 valence electrons. The van der Waals surface area contributed by atoms with Gasteiger partial charge in [-0.1, -0.05) is 11.3 Å². The van der Waals surface area contributed by atoms with Crippen LogP contribution < -0.4 is 0 Å². The molecule has 0 fully saturated rings. The second-order valence-electron chi connectivity index (χ2n) is 1.64. The van der Waals surface area contributed by atoms with Gasteiger partial charge in [-0.25, -0.2) is 9.67 Å². The summed E-state index contributed by atoms with van der Waals surface area (Å²) in [5.74, 6) is 0. The minimum atomic E-state index is -0.266. The monoisotopic (exact) mass is 233 g/mol. The molecule has 0 aliphatic carbocycles. The molecule has 0 atom stereocenters. The van der Waals surface area contributed by atoms with Gasteiger partial charge in [-0.15, -0.1) is 0 Å². The minimum absolute atomic E-state index is 0.0583. The van der Waals surface area contributed by atoms with Crippen molar-refractivity contribution in [2.45, 2.75) is 0 Å². The molecule has 0 bridgehead atoms. The molecule has 0 radical (unpaired) electrons. The normalized spacial score (nSPS) is 15.4. The highest BCUT2D eigenvalue weighted by Crippen LogP contribution is 2.21. The van der Waals surface area contributed by atoms with Crippen molar-refractivity contribution in [3.05, 3.63) is 28.3 Å². The van der Waals surface area contributed by atoms with Gasteiger partial charge >= 0.3 is 0 Å². The number of hydrogen-bond acceptors (Lipinski definition) is 3. The standard InChI is InChI=1S/C6H4BrN3S/c7-5-4-8-6(11-5)10-3-1-2-9-10/h1-4H/i1D,2D,3D,4D. The van der Waals surface area contributed by atoms with Gasteiger partial charge in [0, 0.05) is 12.3 Å². The predicted octanol–water partition coefficient (Wildman–Crippen LogP) is 2.09. The van der Waals surface area contributed by atoms with Crippen LogP contribution in [-0.4, -0.2) is 14.8 Å². The minimum Gasteiger partial charge on any atom is -0.226 e. The Morgan fingerprint density at radius 2 is 2.64 bits per heavy atom.